The van der Waals surface area contributed by atoms with Gasteiger partial charge in [0.2, 0.25) is 5.91 Å². The van der Waals surface area contributed by atoms with E-state index in [1.807, 2.05) is 18.7 Å². The van der Waals surface area contributed by atoms with Gasteiger partial charge < -0.3 is 9.80 Å². The normalized spacial score (nSPS) is 16.1. The third-order valence-electron chi connectivity index (χ3n) is 4.01. The van der Waals surface area contributed by atoms with Crippen LogP contribution >= 0.6 is 0 Å². The number of carbonyl (C=O) groups is 1. The molecule has 0 bridgehead atoms. The van der Waals surface area contributed by atoms with E-state index in [-0.39, 0.29) is 11.8 Å². The summed E-state index contributed by atoms with van der Waals surface area (Å²) in [5, 5.41) is 0. The van der Waals surface area contributed by atoms with Gasteiger partial charge in [0.1, 0.15) is 0 Å². The summed E-state index contributed by atoms with van der Waals surface area (Å²) in [7, 11) is 0. The van der Waals surface area contributed by atoms with E-state index in [0.717, 1.165) is 26.2 Å². The van der Waals surface area contributed by atoms with Crippen LogP contribution in [0.5, 0.6) is 0 Å². The van der Waals surface area contributed by atoms with E-state index in [9.17, 15) is 4.79 Å². The molecule has 0 atom stereocenters. The Balaban J connectivity index is 1.95. The van der Waals surface area contributed by atoms with Crippen molar-refractivity contribution in [3.8, 4) is 0 Å². The van der Waals surface area contributed by atoms with Gasteiger partial charge in [0, 0.05) is 37.8 Å². The van der Waals surface area contributed by atoms with Gasteiger partial charge in [0.05, 0.1) is 0 Å². The van der Waals surface area contributed by atoms with Crippen LogP contribution in [-0.2, 0) is 4.79 Å². The lowest BCUT2D eigenvalue weighted by Gasteiger charge is -2.37. The fourth-order valence-corrected chi connectivity index (χ4v) is 2.62. The van der Waals surface area contributed by atoms with Crippen molar-refractivity contribution in [1.82, 2.24) is 4.90 Å². The van der Waals surface area contributed by atoms with Gasteiger partial charge in [-0.25, -0.2) is 0 Å². The molecule has 0 N–H and O–H groups in total. The summed E-state index contributed by atoms with van der Waals surface area (Å²) in [5.74, 6) is 0.955. The van der Waals surface area contributed by atoms with Crippen molar-refractivity contribution in [2.24, 2.45) is 5.92 Å². The Morgan fingerprint density at radius 3 is 1.95 bits per heavy atom. The average molecular weight is 274 g/mol. The van der Waals surface area contributed by atoms with Crippen molar-refractivity contribution >= 4 is 11.6 Å². The summed E-state index contributed by atoms with van der Waals surface area (Å²) < 4.78 is 0. The van der Waals surface area contributed by atoms with Crippen LogP contribution in [0.25, 0.3) is 0 Å². The van der Waals surface area contributed by atoms with E-state index in [4.69, 9.17) is 0 Å². The first-order chi connectivity index (χ1) is 9.49. The standard InChI is InChI=1S/C17H26N2O/c1-13(2)15-5-7-16(8-6-15)18-9-11-19(12-10-18)17(20)14(3)4/h5-8,13-14H,9-12H2,1-4H3. The van der Waals surface area contributed by atoms with E-state index in [1.54, 1.807) is 0 Å². The Morgan fingerprint density at radius 1 is 0.950 bits per heavy atom. The fraction of sp³-hybridized carbons (Fsp3) is 0.588. The van der Waals surface area contributed by atoms with Crippen LogP contribution in [0.15, 0.2) is 24.3 Å². The Hall–Kier alpha value is -1.51. The molecule has 1 fully saturated rings. The lowest BCUT2D eigenvalue weighted by Crippen LogP contribution is -2.49. The SMILES string of the molecule is CC(C)C(=O)N1CCN(c2ccc(C(C)C)cc2)CC1. The molecule has 3 heteroatoms. The van der Waals surface area contributed by atoms with Crippen LogP contribution in [-0.4, -0.2) is 37.0 Å². The highest BCUT2D eigenvalue weighted by atomic mass is 16.2. The zero-order valence-corrected chi connectivity index (χ0v) is 13.1. The molecular weight excluding hydrogens is 248 g/mol. The first kappa shape index (κ1) is 14.9. The highest BCUT2D eigenvalue weighted by Crippen LogP contribution is 2.21. The van der Waals surface area contributed by atoms with Crippen LogP contribution in [0, 0.1) is 5.92 Å². The molecule has 0 aliphatic carbocycles. The first-order valence-electron chi connectivity index (χ1n) is 7.62. The summed E-state index contributed by atoms with van der Waals surface area (Å²) in [4.78, 5) is 16.3. The van der Waals surface area contributed by atoms with Crippen LogP contribution in [0.2, 0.25) is 0 Å². The highest BCUT2D eigenvalue weighted by molar-refractivity contribution is 5.78. The van der Waals surface area contributed by atoms with E-state index < -0.39 is 0 Å². The number of rotatable bonds is 3. The molecule has 2 rings (SSSR count). The Morgan fingerprint density at radius 2 is 1.50 bits per heavy atom. The third-order valence-corrected chi connectivity index (χ3v) is 4.01. The topological polar surface area (TPSA) is 23.6 Å². The van der Waals surface area contributed by atoms with Crippen LogP contribution in [0.3, 0.4) is 0 Å². The number of piperazine rings is 1. The predicted octanol–water partition coefficient (Wildman–Crippen LogP) is 3.11. The summed E-state index contributed by atoms with van der Waals surface area (Å²) in [6, 6.07) is 8.84. The number of hydrogen-bond donors (Lipinski definition) is 0. The number of anilines is 1. The fourth-order valence-electron chi connectivity index (χ4n) is 2.62. The second-order valence-corrected chi connectivity index (χ2v) is 6.21. The van der Waals surface area contributed by atoms with Crippen molar-refractivity contribution < 1.29 is 4.79 Å². The van der Waals surface area contributed by atoms with E-state index >= 15 is 0 Å². The molecule has 1 aromatic carbocycles. The summed E-state index contributed by atoms with van der Waals surface area (Å²) in [6.07, 6.45) is 0. The van der Waals surface area contributed by atoms with Gasteiger partial charge in [-0.3, -0.25) is 4.79 Å². The molecule has 1 heterocycles. The molecule has 110 valence electrons. The number of benzene rings is 1. The van der Waals surface area contributed by atoms with Crippen LogP contribution in [0.1, 0.15) is 39.2 Å². The smallest absolute Gasteiger partial charge is 0.225 e. The molecule has 20 heavy (non-hydrogen) atoms. The van der Waals surface area contributed by atoms with E-state index in [2.05, 4.69) is 43.0 Å². The number of carbonyl (C=O) groups excluding carboxylic acids is 1. The van der Waals surface area contributed by atoms with Gasteiger partial charge >= 0.3 is 0 Å². The van der Waals surface area contributed by atoms with Gasteiger partial charge in [0.25, 0.3) is 0 Å². The average Bonchev–Trinajstić information content (AvgIpc) is 2.46. The largest absolute Gasteiger partial charge is 0.368 e. The lowest BCUT2D eigenvalue weighted by atomic mass is 10.0. The van der Waals surface area contributed by atoms with Crippen molar-refractivity contribution in [2.75, 3.05) is 31.1 Å². The number of amides is 1. The second-order valence-electron chi connectivity index (χ2n) is 6.21. The maximum absolute atomic E-state index is 12.0. The monoisotopic (exact) mass is 274 g/mol. The van der Waals surface area contributed by atoms with E-state index in [0.29, 0.717) is 5.92 Å². The molecule has 0 unspecified atom stereocenters. The van der Waals surface area contributed by atoms with Crippen molar-refractivity contribution in [3.63, 3.8) is 0 Å². The van der Waals surface area contributed by atoms with Gasteiger partial charge in [-0.05, 0) is 23.6 Å². The molecule has 0 radical (unpaired) electrons. The maximum atomic E-state index is 12.0. The highest BCUT2D eigenvalue weighted by Gasteiger charge is 2.22. The third kappa shape index (κ3) is 3.33. The van der Waals surface area contributed by atoms with Crippen molar-refractivity contribution in [3.05, 3.63) is 29.8 Å². The molecule has 0 saturated carbocycles. The number of hydrogen-bond acceptors (Lipinski definition) is 2. The number of nitrogens with zero attached hydrogens (tertiary/aromatic N) is 2. The minimum atomic E-state index is 0.104. The molecule has 1 amide bonds. The molecule has 3 nitrogen and oxygen atoms in total. The summed E-state index contributed by atoms with van der Waals surface area (Å²) >= 11 is 0. The van der Waals surface area contributed by atoms with Crippen LogP contribution < -0.4 is 4.90 Å². The van der Waals surface area contributed by atoms with Crippen molar-refractivity contribution in [1.29, 1.82) is 0 Å². The van der Waals surface area contributed by atoms with Gasteiger partial charge in [-0.15, -0.1) is 0 Å². The Labute approximate surface area is 122 Å². The molecule has 1 aliphatic rings. The molecule has 1 saturated heterocycles. The Kier molecular flexibility index (Phi) is 4.69. The summed E-state index contributed by atoms with van der Waals surface area (Å²) in [5.41, 5.74) is 2.65. The van der Waals surface area contributed by atoms with E-state index in [1.165, 1.54) is 11.3 Å². The quantitative estimate of drug-likeness (QED) is 0.845. The van der Waals surface area contributed by atoms with Gasteiger partial charge in [0.15, 0.2) is 0 Å². The molecular formula is C17H26N2O. The van der Waals surface area contributed by atoms with Crippen LogP contribution in [0.4, 0.5) is 5.69 Å². The minimum absolute atomic E-state index is 0.104. The predicted molar refractivity (Wildman–Crippen MR) is 84.2 cm³/mol. The maximum Gasteiger partial charge on any atom is 0.225 e. The zero-order chi connectivity index (χ0) is 14.7. The first-order valence-corrected chi connectivity index (χ1v) is 7.62. The Bertz CT molecular complexity index is 443. The van der Waals surface area contributed by atoms with Gasteiger partial charge in [-0.2, -0.15) is 0 Å². The molecule has 1 aliphatic heterocycles. The molecule has 1 aromatic rings. The molecule has 0 aromatic heterocycles. The zero-order valence-electron chi connectivity index (χ0n) is 13.1. The van der Waals surface area contributed by atoms with Gasteiger partial charge in [-0.1, -0.05) is 39.8 Å². The lowest BCUT2D eigenvalue weighted by molar-refractivity contribution is -0.134. The second kappa shape index (κ2) is 6.29. The van der Waals surface area contributed by atoms with Crippen molar-refractivity contribution in [2.45, 2.75) is 33.6 Å². The summed E-state index contributed by atoms with van der Waals surface area (Å²) in [6.45, 7) is 11.9. The minimum Gasteiger partial charge on any atom is -0.368 e. The molecule has 0 spiro atoms.